The molecule has 0 aliphatic heterocycles. The van der Waals surface area contributed by atoms with Crippen molar-refractivity contribution >= 4 is 8.25 Å². The summed E-state index contributed by atoms with van der Waals surface area (Å²) in [6, 6.07) is 9.09. The van der Waals surface area contributed by atoms with E-state index in [2.05, 4.69) is 0 Å². The molecule has 0 aromatic heterocycles. The Bertz CT molecular complexity index is 337. The van der Waals surface area contributed by atoms with Crippen molar-refractivity contribution in [2.45, 2.75) is 12.5 Å². The van der Waals surface area contributed by atoms with Gasteiger partial charge in [-0.05, 0) is 11.6 Å². The van der Waals surface area contributed by atoms with E-state index in [0.29, 0.717) is 6.42 Å². The first kappa shape index (κ1) is 11.9. The summed E-state index contributed by atoms with van der Waals surface area (Å²) in [5, 5.41) is 8.52. The fourth-order valence-corrected chi connectivity index (χ4v) is 1.63. The van der Waals surface area contributed by atoms with Crippen molar-refractivity contribution in [3.8, 4) is 0 Å². The van der Waals surface area contributed by atoms with Crippen LogP contribution < -0.4 is 0 Å². The molecule has 0 heterocycles. The Balaban J connectivity index is 2.76. The molecule has 0 saturated carbocycles. The van der Waals surface area contributed by atoms with Gasteiger partial charge in [0.25, 0.3) is 0 Å². The molecule has 0 aliphatic rings. The zero-order valence-electron chi connectivity index (χ0n) is 7.98. The van der Waals surface area contributed by atoms with Crippen LogP contribution in [-0.4, -0.2) is 10.00 Å². The Morgan fingerprint density at radius 1 is 1.40 bits per heavy atom. The maximum absolute atomic E-state index is 10.6. The van der Waals surface area contributed by atoms with Crippen LogP contribution in [0.1, 0.15) is 18.1 Å². The Kier molecular flexibility index (Phi) is 4.98. The fourth-order valence-electron chi connectivity index (χ4n) is 1.20. The van der Waals surface area contributed by atoms with Crippen LogP contribution in [0.3, 0.4) is 0 Å². The zero-order chi connectivity index (χ0) is 11.1. The lowest BCUT2D eigenvalue weighted by atomic mass is 10.1. The van der Waals surface area contributed by atoms with Crippen LogP contribution in [0.4, 0.5) is 0 Å². The number of aliphatic hydroxyl groups excluding tert-OH is 1. The Labute approximate surface area is 88.8 Å². The van der Waals surface area contributed by atoms with Crippen LogP contribution in [0.15, 0.2) is 42.7 Å². The van der Waals surface area contributed by atoms with Gasteiger partial charge in [-0.2, -0.15) is 0 Å². The highest BCUT2D eigenvalue weighted by Crippen LogP contribution is 2.31. The van der Waals surface area contributed by atoms with Crippen molar-refractivity contribution in [1.82, 2.24) is 0 Å². The van der Waals surface area contributed by atoms with E-state index < -0.39 is 14.4 Å². The quantitative estimate of drug-likeness (QED) is 0.599. The number of benzene rings is 1. The lowest BCUT2D eigenvalue weighted by molar-refractivity contribution is 0.193. The zero-order valence-corrected chi connectivity index (χ0v) is 8.88. The third-order valence-corrected chi connectivity index (χ3v) is 2.28. The lowest BCUT2D eigenvalue weighted by Crippen LogP contribution is -1.98. The molecule has 4 nitrogen and oxygen atoms in total. The predicted octanol–water partition coefficient (Wildman–Crippen LogP) is 2.86. The molecule has 2 unspecified atom stereocenters. The van der Waals surface area contributed by atoms with Gasteiger partial charge < -0.3 is 5.11 Å². The molecular formula is C10H12O4P+. The molecule has 1 aromatic rings. The van der Waals surface area contributed by atoms with Crippen molar-refractivity contribution in [2.24, 2.45) is 0 Å². The number of hydrogen-bond donors (Lipinski definition) is 2. The molecule has 0 spiro atoms. The maximum Gasteiger partial charge on any atom is 0.695 e. The van der Waals surface area contributed by atoms with Crippen molar-refractivity contribution in [3.63, 3.8) is 0 Å². The van der Waals surface area contributed by atoms with Crippen molar-refractivity contribution in [2.75, 3.05) is 0 Å². The van der Waals surface area contributed by atoms with Crippen molar-refractivity contribution in [3.05, 3.63) is 48.2 Å². The maximum atomic E-state index is 10.6. The SMILES string of the molecule is O=[P+](O)OC(CC=CO)c1ccccc1. The first-order valence-corrected chi connectivity index (χ1v) is 5.54. The second-order valence-electron chi connectivity index (χ2n) is 2.86. The summed E-state index contributed by atoms with van der Waals surface area (Å²) in [5.74, 6) is 0. The van der Waals surface area contributed by atoms with E-state index >= 15 is 0 Å². The third-order valence-electron chi connectivity index (χ3n) is 1.84. The van der Waals surface area contributed by atoms with Crippen LogP contribution in [-0.2, 0) is 9.09 Å². The normalized spacial score (nSPS) is 14.1. The molecule has 2 atom stereocenters. The van der Waals surface area contributed by atoms with Crippen LogP contribution >= 0.6 is 8.25 Å². The molecule has 0 aliphatic carbocycles. The van der Waals surface area contributed by atoms with Gasteiger partial charge in [0, 0.05) is 11.0 Å². The summed E-state index contributed by atoms with van der Waals surface area (Å²) in [6.45, 7) is 0. The Morgan fingerprint density at radius 3 is 2.60 bits per heavy atom. The van der Waals surface area contributed by atoms with Crippen LogP contribution in [0, 0.1) is 0 Å². The lowest BCUT2D eigenvalue weighted by Gasteiger charge is -2.07. The van der Waals surface area contributed by atoms with Crippen LogP contribution in [0.5, 0.6) is 0 Å². The molecule has 0 bridgehead atoms. The first-order chi connectivity index (χ1) is 7.24. The molecule has 80 valence electrons. The number of aliphatic hydroxyl groups is 1. The van der Waals surface area contributed by atoms with Gasteiger partial charge in [0.1, 0.15) is 6.10 Å². The molecule has 0 fully saturated rings. The number of rotatable bonds is 5. The number of hydrogen-bond acceptors (Lipinski definition) is 3. The van der Waals surface area contributed by atoms with Crippen LogP contribution in [0.25, 0.3) is 0 Å². The van der Waals surface area contributed by atoms with Gasteiger partial charge in [0.05, 0.1) is 6.26 Å². The highest BCUT2D eigenvalue weighted by Gasteiger charge is 2.23. The minimum atomic E-state index is -2.65. The van der Waals surface area contributed by atoms with Crippen molar-refractivity contribution < 1.29 is 19.1 Å². The van der Waals surface area contributed by atoms with Crippen molar-refractivity contribution in [1.29, 1.82) is 0 Å². The van der Waals surface area contributed by atoms with Gasteiger partial charge in [0.2, 0.25) is 0 Å². The molecule has 2 N–H and O–H groups in total. The van der Waals surface area contributed by atoms with E-state index in [1.54, 1.807) is 12.1 Å². The van der Waals surface area contributed by atoms with Gasteiger partial charge in [-0.15, -0.1) is 9.42 Å². The Morgan fingerprint density at radius 2 is 2.07 bits per heavy atom. The second kappa shape index (κ2) is 6.30. The standard InChI is InChI=1S/C10H11O4P/c11-8-4-7-10(14-15(12)13)9-5-2-1-3-6-9/h1-6,8,10H,7H2,(H-,11,12,13)/p+1. The average molecular weight is 227 g/mol. The smallest absolute Gasteiger partial charge is 0.516 e. The van der Waals surface area contributed by atoms with E-state index in [4.69, 9.17) is 14.5 Å². The minimum absolute atomic E-state index is 0.349. The largest absolute Gasteiger partial charge is 0.695 e. The van der Waals surface area contributed by atoms with Gasteiger partial charge in [-0.3, -0.25) is 0 Å². The predicted molar refractivity (Wildman–Crippen MR) is 56.5 cm³/mol. The summed E-state index contributed by atoms with van der Waals surface area (Å²) < 4.78 is 15.4. The van der Waals surface area contributed by atoms with E-state index in [1.807, 2.05) is 18.2 Å². The molecule has 15 heavy (non-hydrogen) atoms. The van der Waals surface area contributed by atoms with Gasteiger partial charge in [0.15, 0.2) is 0 Å². The Hall–Kier alpha value is -1.22. The second-order valence-corrected chi connectivity index (χ2v) is 3.55. The van der Waals surface area contributed by atoms with Crippen LogP contribution in [0.2, 0.25) is 0 Å². The fraction of sp³-hybridized carbons (Fsp3) is 0.200. The van der Waals surface area contributed by atoms with Gasteiger partial charge in [-0.1, -0.05) is 30.3 Å². The van der Waals surface area contributed by atoms with E-state index in [0.717, 1.165) is 11.8 Å². The first-order valence-electron chi connectivity index (χ1n) is 4.41. The average Bonchev–Trinajstić information content (AvgIpc) is 2.25. The van der Waals surface area contributed by atoms with Gasteiger partial charge in [-0.25, -0.2) is 0 Å². The summed E-state index contributed by atoms with van der Waals surface area (Å²) >= 11 is 0. The summed E-state index contributed by atoms with van der Waals surface area (Å²) in [6.07, 6.45) is 2.20. The minimum Gasteiger partial charge on any atom is -0.516 e. The summed E-state index contributed by atoms with van der Waals surface area (Å²) in [4.78, 5) is 8.68. The third kappa shape index (κ3) is 4.21. The van der Waals surface area contributed by atoms with E-state index in [9.17, 15) is 4.57 Å². The summed E-state index contributed by atoms with van der Waals surface area (Å²) in [5.41, 5.74) is 0.799. The molecular weight excluding hydrogens is 215 g/mol. The molecule has 1 aromatic carbocycles. The molecule has 0 amide bonds. The highest BCUT2D eigenvalue weighted by molar-refractivity contribution is 7.32. The van der Waals surface area contributed by atoms with E-state index in [1.165, 1.54) is 6.08 Å². The topological polar surface area (TPSA) is 66.8 Å². The van der Waals surface area contributed by atoms with E-state index in [-0.39, 0.29) is 0 Å². The van der Waals surface area contributed by atoms with Gasteiger partial charge >= 0.3 is 8.25 Å². The summed E-state index contributed by atoms with van der Waals surface area (Å²) in [7, 11) is -2.65. The molecule has 1 rings (SSSR count). The molecule has 5 heteroatoms. The highest BCUT2D eigenvalue weighted by atomic mass is 31.1. The molecule has 0 saturated heterocycles. The monoisotopic (exact) mass is 227 g/mol. The molecule has 0 radical (unpaired) electrons.